The van der Waals surface area contributed by atoms with Gasteiger partial charge in [-0.2, -0.15) is 0 Å². The molecule has 1 aliphatic heterocycles. The Balaban J connectivity index is 1.42. The van der Waals surface area contributed by atoms with Gasteiger partial charge in [-0.1, -0.05) is 12.1 Å². The molecule has 11 heteroatoms. The van der Waals surface area contributed by atoms with Gasteiger partial charge in [0.1, 0.15) is 5.82 Å². The quantitative estimate of drug-likeness (QED) is 0.274. The number of halogens is 1. The van der Waals surface area contributed by atoms with E-state index in [0.717, 1.165) is 41.9 Å². The first kappa shape index (κ1) is 28.1. The molecule has 9 nitrogen and oxygen atoms in total. The van der Waals surface area contributed by atoms with Gasteiger partial charge in [-0.05, 0) is 72.6 Å². The summed E-state index contributed by atoms with van der Waals surface area (Å²) in [4.78, 5) is 18.7. The summed E-state index contributed by atoms with van der Waals surface area (Å²) in [7, 11) is -2.68. The Morgan fingerprint density at radius 3 is 2.54 bits per heavy atom. The third-order valence-electron chi connectivity index (χ3n) is 6.44. The topological polar surface area (TPSA) is 107 Å². The van der Waals surface area contributed by atoms with E-state index in [9.17, 15) is 17.6 Å². The number of hydrogen-bond acceptors (Lipinski definition) is 8. The van der Waals surface area contributed by atoms with Crippen LogP contribution in [0.2, 0.25) is 0 Å². The Kier molecular flexibility index (Phi) is 8.46. The third-order valence-corrected chi connectivity index (χ3v) is 7.77. The minimum absolute atomic E-state index is 0.118. The van der Waals surface area contributed by atoms with E-state index in [4.69, 9.17) is 14.2 Å². The van der Waals surface area contributed by atoms with Crippen molar-refractivity contribution in [3.05, 3.63) is 108 Å². The molecule has 0 radical (unpaired) electrons. The zero-order chi connectivity index (χ0) is 28.8. The first-order valence-corrected chi connectivity index (χ1v) is 14.4. The number of methoxy groups -OCH3 is 1. The number of sulfonamides is 1. The molecule has 1 fully saturated rings. The standard InChI is InChI=1S/C30H28FN3O6S/c1-38-27-14-13-25(18-28(27)40-29-8-4-16-39-29)34(20-21-5-3-15-32-19-21)24-11-9-22(10-12-24)30(35)33-41(36,37)26-7-2-6-23(31)17-26/h2-3,5-7,9-15,17-19,29H,4,8,16,20H2,1H3,(H,33,35). The summed E-state index contributed by atoms with van der Waals surface area (Å²) in [5, 5.41) is 0. The molecule has 1 aliphatic rings. The van der Waals surface area contributed by atoms with Crippen molar-refractivity contribution in [1.29, 1.82) is 0 Å². The van der Waals surface area contributed by atoms with Crippen LogP contribution in [-0.4, -0.2) is 39.3 Å². The van der Waals surface area contributed by atoms with Crippen LogP contribution in [0.25, 0.3) is 0 Å². The molecule has 0 saturated carbocycles. The number of anilines is 2. The molecular formula is C30H28FN3O6S. The van der Waals surface area contributed by atoms with Crippen LogP contribution in [0, 0.1) is 5.82 Å². The van der Waals surface area contributed by atoms with Gasteiger partial charge in [-0.3, -0.25) is 9.78 Å². The lowest BCUT2D eigenvalue weighted by molar-refractivity contribution is -0.0402. The van der Waals surface area contributed by atoms with Gasteiger partial charge in [0.2, 0.25) is 0 Å². The SMILES string of the molecule is COc1ccc(N(Cc2cccnc2)c2ccc(C(=O)NS(=O)(=O)c3cccc(F)c3)cc2)cc1OC1CCCO1. The fraction of sp³-hybridized carbons (Fsp3) is 0.200. The van der Waals surface area contributed by atoms with Gasteiger partial charge in [0, 0.05) is 48.4 Å². The van der Waals surface area contributed by atoms with Gasteiger partial charge < -0.3 is 19.1 Å². The minimum Gasteiger partial charge on any atom is -0.493 e. The molecular weight excluding hydrogens is 549 g/mol. The molecule has 1 unspecified atom stereocenters. The summed E-state index contributed by atoms with van der Waals surface area (Å²) in [5.41, 5.74) is 2.57. The van der Waals surface area contributed by atoms with Crippen molar-refractivity contribution >= 4 is 27.3 Å². The first-order valence-electron chi connectivity index (χ1n) is 12.9. The lowest BCUT2D eigenvalue weighted by Gasteiger charge is -2.27. The molecule has 41 heavy (non-hydrogen) atoms. The zero-order valence-corrected chi connectivity index (χ0v) is 23.0. The largest absolute Gasteiger partial charge is 0.493 e. The van der Waals surface area contributed by atoms with Crippen LogP contribution in [0.1, 0.15) is 28.8 Å². The van der Waals surface area contributed by atoms with Gasteiger partial charge in [-0.25, -0.2) is 17.5 Å². The number of amides is 1. The molecule has 1 atom stereocenters. The van der Waals surface area contributed by atoms with Gasteiger partial charge in [0.15, 0.2) is 17.8 Å². The molecule has 1 amide bonds. The predicted octanol–water partition coefficient (Wildman–Crippen LogP) is 5.20. The number of ether oxygens (including phenoxy) is 3. The van der Waals surface area contributed by atoms with E-state index >= 15 is 0 Å². The van der Waals surface area contributed by atoms with Crippen molar-refractivity contribution in [3.63, 3.8) is 0 Å². The minimum atomic E-state index is -4.25. The molecule has 4 aromatic rings. The molecule has 5 rings (SSSR count). The number of aromatic nitrogens is 1. The average Bonchev–Trinajstić information content (AvgIpc) is 3.49. The Morgan fingerprint density at radius 2 is 1.85 bits per heavy atom. The lowest BCUT2D eigenvalue weighted by atomic mass is 10.1. The maximum Gasteiger partial charge on any atom is 0.264 e. The summed E-state index contributed by atoms with van der Waals surface area (Å²) in [6.45, 7) is 1.09. The van der Waals surface area contributed by atoms with Crippen LogP contribution in [0.5, 0.6) is 11.5 Å². The van der Waals surface area contributed by atoms with Crippen LogP contribution in [-0.2, 0) is 21.3 Å². The van der Waals surface area contributed by atoms with Crippen LogP contribution in [0.15, 0.2) is 96.2 Å². The second kappa shape index (κ2) is 12.4. The average molecular weight is 578 g/mol. The molecule has 0 bridgehead atoms. The Bertz CT molecular complexity index is 1610. The lowest BCUT2D eigenvalue weighted by Crippen LogP contribution is -2.30. The highest BCUT2D eigenvalue weighted by Gasteiger charge is 2.22. The van der Waals surface area contributed by atoms with Crippen molar-refractivity contribution < 1.29 is 31.8 Å². The fourth-order valence-electron chi connectivity index (χ4n) is 4.38. The van der Waals surface area contributed by atoms with E-state index in [1.54, 1.807) is 31.6 Å². The number of nitrogens with one attached hydrogen (secondary N) is 1. The van der Waals surface area contributed by atoms with Crippen LogP contribution >= 0.6 is 0 Å². The second-order valence-electron chi connectivity index (χ2n) is 9.28. The zero-order valence-electron chi connectivity index (χ0n) is 22.2. The molecule has 212 valence electrons. The van der Waals surface area contributed by atoms with Crippen molar-refractivity contribution in [2.45, 2.75) is 30.6 Å². The van der Waals surface area contributed by atoms with E-state index in [1.165, 1.54) is 24.3 Å². The summed E-state index contributed by atoms with van der Waals surface area (Å²) < 4.78 is 58.0. The van der Waals surface area contributed by atoms with E-state index in [-0.39, 0.29) is 16.7 Å². The van der Waals surface area contributed by atoms with E-state index < -0.39 is 21.7 Å². The van der Waals surface area contributed by atoms with Crippen LogP contribution in [0.4, 0.5) is 15.8 Å². The highest BCUT2D eigenvalue weighted by molar-refractivity contribution is 7.90. The van der Waals surface area contributed by atoms with Gasteiger partial charge in [-0.15, -0.1) is 0 Å². The Morgan fingerprint density at radius 1 is 1.05 bits per heavy atom. The molecule has 2 heterocycles. The van der Waals surface area contributed by atoms with Gasteiger partial charge in [0.25, 0.3) is 15.9 Å². The highest BCUT2D eigenvalue weighted by Crippen LogP contribution is 2.37. The molecule has 0 spiro atoms. The Labute approximate surface area is 237 Å². The summed E-state index contributed by atoms with van der Waals surface area (Å²) in [6.07, 6.45) is 4.81. The first-order chi connectivity index (χ1) is 19.8. The van der Waals surface area contributed by atoms with Crippen LogP contribution < -0.4 is 19.1 Å². The molecule has 0 aliphatic carbocycles. The number of carbonyl (C=O) groups excluding carboxylic acids is 1. The molecule has 1 saturated heterocycles. The van der Waals surface area contributed by atoms with E-state index in [0.29, 0.717) is 24.7 Å². The predicted molar refractivity (Wildman–Crippen MR) is 150 cm³/mol. The van der Waals surface area contributed by atoms with Crippen molar-refractivity contribution in [3.8, 4) is 11.5 Å². The second-order valence-corrected chi connectivity index (χ2v) is 11.0. The van der Waals surface area contributed by atoms with Crippen molar-refractivity contribution in [2.24, 2.45) is 0 Å². The molecule has 3 aromatic carbocycles. The van der Waals surface area contributed by atoms with E-state index in [2.05, 4.69) is 4.98 Å². The van der Waals surface area contributed by atoms with Crippen LogP contribution in [0.3, 0.4) is 0 Å². The molecule has 1 N–H and O–H groups in total. The Hall–Kier alpha value is -4.48. The summed E-state index contributed by atoms with van der Waals surface area (Å²) in [6, 6.07) is 20.3. The smallest absolute Gasteiger partial charge is 0.264 e. The van der Waals surface area contributed by atoms with Crippen molar-refractivity contribution in [1.82, 2.24) is 9.71 Å². The number of benzene rings is 3. The molecule has 1 aromatic heterocycles. The summed E-state index contributed by atoms with van der Waals surface area (Å²) in [5.74, 6) is -0.457. The van der Waals surface area contributed by atoms with Gasteiger partial charge in [0.05, 0.1) is 18.6 Å². The number of nitrogens with zero attached hydrogens (tertiary/aromatic N) is 2. The van der Waals surface area contributed by atoms with Gasteiger partial charge >= 0.3 is 0 Å². The van der Waals surface area contributed by atoms with E-state index in [1.807, 2.05) is 40.0 Å². The number of pyridine rings is 1. The number of carbonyl (C=O) groups is 1. The highest BCUT2D eigenvalue weighted by atomic mass is 32.2. The fourth-order valence-corrected chi connectivity index (χ4v) is 5.39. The monoisotopic (exact) mass is 577 g/mol. The number of hydrogen-bond donors (Lipinski definition) is 1. The van der Waals surface area contributed by atoms with Crippen molar-refractivity contribution in [2.75, 3.05) is 18.6 Å². The normalized spacial score (nSPS) is 14.8. The summed E-state index contributed by atoms with van der Waals surface area (Å²) >= 11 is 0. The number of rotatable bonds is 10. The maximum absolute atomic E-state index is 13.5. The third kappa shape index (κ3) is 6.82. The maximum atomic E-state index is 13.5.